The lowest BCUT2D eigenvalue weighted by molar-refractivity contribution is -0.129. The summed E-state index contributed by atoms with van der Waals surface area (Å²) in [5, 5.41) is 2.79. The van der Waals surface area contributed by atoms with Crippen LogP contribution in [0.5, 0.6) is 0 Å². The smallest absolute Gasteiger partial charge is 0.234 e. The van der Waals surface area contributed by atoms with E-state index in [4.69, 9.17) is 0 Å². The first-order valence-corrected chi connectivity index (χ1v) is 5.81. The fraction of sp³-hybridized carbons (Fsp3) is 0.818. The molecule has 15 heavy (non-hydrogen) atoms. The number of nitrogens with zero attached hydrogens (tertiary/aromatic N) is 1. The third-order valence-corrected chi connectivity index (χ3v) is 3.28. The normalized spacial score (nSPS) is 29.7. The van der Waals surface area contributed by atoms with E-state index in [-0.39, 0.29) is 11.9 Å². The number of piperazine rings is 1. The molecule has 84 valence electrons. The second-order valence-corrected chi connectivity index (χ2v) is 4.40. The molecule has 1 saturated carbocycles. The molecule has 1 aliphatic heterocycles. The summed E-state index contributed by atoms with van der Waals surface area (Å²) in [5.41, 5.74) is 0. The fourth-order valence-corrected chi connectivity index (χ4v) is 2.45. The topological polar surface area (TPSA) is 49.4 Å². The van der Waals surface area contributed by atoms with Crippen molar-refractivity contribution in [2.45, 2.75) is 38.1 Å². The Labute approximate surface area is 90.0 Å². The molecule has 0 radical (unpaired) electrons. The number of ketones is 1. The van der Waals surface area contributed by atoms with Crippen LogP contribution in [0.3, 0.4) is 0 Å². The van der Waals surface area contributed by atoms with Crippen LogP contribution in [0.2, 0.25) is 0 Å². The standard InChI is InChI=1S/C11H18N2O2/c14-10-5-3-1-2-4-9(10)13-7-6-12-11(15)8-13/h9H,1-8H2,(H,12,15). The summed E-state index contributed by atoms with van der Waals surface area (Å²) in [5.74, 6) is 0.389. The number of hydrogen-bond donors (Lipinski definition) is 1. The van der Waals surface area contributed by atoms with Crippen LogP contribution in [0, 0.1) is 0 Å². The first-order chi connectivity index (χ1) is 7.27. The number of carbonyl (C=O) groups excluding carboxylic acids is 2. The molecule has 0 bridgehead atoms. The molecule has 0 aromatic carbocycles. The molecule has 0 aromatic heterocycles. The first kappa shape index (κ1) is 10.6. The van der Waals surface area contributed by atoms with Crippen molar-refractivity contribution in [3.63, 3.8) is 0 Å². The quantitative estimate of drug-likeness (QED) is 0.634. The van der Waals surface area contributed by atoms with Gasteiger partial charge in [0.15, 0.2) is 0 Å². The Morgan fingerprint density at radius 3 is 2.87 bits per heavy atom. The Morgan fingerprint density at radius 1 is 1.20 bits per heavy atom. The van der Waals surface area contributed by atoms with Gasteiger partial charge in [0.1, 0.15) is 5.78 Å². The maximum atomic E-state index is 11.8. The lowest BCUT2D eigenvalue weighted by Crippen LogP contribution is -2.53. The van der Waals surface area contributed by atoms with Gasteiger partial charge in [0.05, 0.1) is 12.6 Å². The molecular formula is C11H18N2O2. The van der Waals surface area contributed by atoms with Crippen LogP contribution in [0.4, 0.5) is 0 Å². The highest BCUT2D eigenvalue weighted by Crippen LogP contribution is 2.19. The van der Waals surface area contributed by atoms with E-state index in [1.54, 1.807) is 0 Å². The molecule has 1 aliphatic carbocycles. The van der Waals surface area contributed by atoms with Crippen molar-refractivity contribution < 1.29 is 9.59 Å². The Bertz CT molecular complexity index is 265. The van der Waals surface area contributed by atoms with E-state index in [1.807, 2.05) is 4.90 Å². The van der Waals surface area contributed by atoms with Gasteiger partial charge in [0.2, 0.25) is 5.91 Å². The molecule has 2 aliphatic rings. The second kappa shape index (κ2) is 4.75. The molecule has 1 atom stereocenters. The third kappa shape index (κ3) is 2.56. The van der Waals surface area contributed by atoms with E-state index >= 15 is 0 Å². The molecule has 1 N–H and O–H groups in total. The van der Waals surface area contributed by atoms with E-state index in [2.05, 4.69) is 5.32 Å². The fourth-order valence-electron chi connectivity index (χ4n) is 2.45. The van der Waals surface area contributed by atoms with E-state index < -0.39 is 0 Å². The van der Waals surface area contributed by atoms with Gasteiger partial charge in [0, 0.05) is 19.5 Å². The maximum absolute atomic E-state index is 11.8. The Balaban J connectivity index is 2.00. The maximum Gasteiger partial charge on any atom is 0.234 e. The summed E-state index contributed by atoms with van der Waals surface area (Å²) in [6.07, 6.45) is 4.93. The van der Waals surface area contributed by atoms with Crippen LogP contribution in [0.1, 0.15) is 32.1 Å². The van der Waals surface area contributed by atoms with E-state index in [0.717, 1.165) is 32.2 Å². The Kier molecular flexibility index (Phi) is 3.36. The molecule has 1 unspecified atom stereocenters. The number of carbonyl (C=O) groups is 2. The van der Waals surface area contributed by atoms with Crippen LogP contribution in [-0.2, 0) is 9.59 Å². The molecule has 1 heterocycles. The van der Waals surface area contributed by atoms with Crippen LogP contribution in [-0.4, -0.2) is 42.3 Å². The number of rotatable bonds is 1. The average Bonchev–Trinajstić information content (AvgIpc) is 2.43. The SMILES string of the molecule is O=C1CN(C2CCCCCC2=O)CCN1. The highest BCUT2D eigenvalue weighted by atomic mass is 16.2. The van der Waals surface area contributed by atoms with E-state index in [9.17, 15) is 9.59 Å². The average molecular weight is 210 g/mol. The molecule has 0 aromatic rings. The predicted octanol–water partition coefficient (Wildman–Crippen LogP) is 0.320. The molecule has 0 spiro atoms. The summed E-state index contributed by atoms with van der Waals surface area (Å²) in [6, 6.07) is 0.0125. The highest BCUT2D eigenvalue weighted by molar-refractivity contribution is 5.85. The van der Waals surface area contributed by atoms with Crippen molar-refractivity contribution in [2.24, 2.45) is 0 Å². The lowest BCUT2D eigenvalue weighted by atomic mass is 10.1. The van der Waals surface area contributed by atoms with E-state index in [1.165, 1.54) is 0 Å². The molecule has 4 nitrogen and oxygen atoms in total. The predicted molar refractivity (Wildman–Crippen MR) is 56.5 cm³/mol. The monoisotopic (exact) mass is 210 g/mol. The van der Waals surface area contributed by atoms with Crippen molar-refractivity contribution in [1.29, 1.82) is 0 Å². The molecule has 2 rings (SSSR count). The highest BCUT2D eigenvalue weighted by Gasteiger charge is 2.29. The van der Waals surface area contributed by atoms with Gasteiger partial charge in [-0.2, -0.15) is 0 Å². The number of hydrogen-bond acceptors (Lipinski definition) is 3. The van der Waals surface area contributed by atoms with Gasteiger partial charge in [-0.1, -0.05) is 12.8 Å². The summed E-state index contributed by atoms with van der Waals surface area (Å²) in [4.78, 5) is 25.1. The largest absolute Gasteiger partial charge is 0.354 e. The summed E-state index contributed by atoms with van der Waals surface area (Å²) in [7, 11) is 0. The summed E-state index contributed by atoms with van der Waals surface area (Å²) >= 11 is 0. The van der Waals surface area contributed by atoms with Gasteiger partial charge in [0.25, 0.3) is 0 Å². The number of nitrogens with one attached hydrogen (secondary N) is 1. The minimum Gasteiger partial charge on any atom is -0.354 e. The molecule has 1 saturated heterocycles. The minimum atomic E-state index is 0.0125. The van der Waals surface area contributed by atoms with Crippen molar-refractivity contribution in [1.82, 2.24) is 10.2 Å². The van der Waals surface area contributed by atoms with Crippen molar-refractivity contribution in [3.05, 3.63) is 0 Å². The van der Waals surface area contributed by atoms with Crippen molar-refractivity contribution in [2.75, 3.05) is 19.6 Å². The van der Waals surface area contributed by atoms with Gasteiger partial charge < -0.3 is 5.32 Å². The zero-order valence-corrected chi connectivity index (χ0v) is 9.00. The van der Waals surface area contributed by atoms with E-state index in [0.29, 0.717) is 25.3 Å². The molecular weight excluding hydrogens is 192 g/mol. The zero-order chi connectivity index (χ0) is 10.7. The Morgan fingerprint density at radius 2 is 2.07 bits per heavy atom. The number of Topliss-reactive ketones (excluding diaryl/α,β-unsaturated/α-hetero) is 1. The molecule has 2 fully saturated rings. The van der Waals surface area contributed by atoms with Gasteiger partial charge in [-0.15, -0.1) is 0 Å². The van der Waals surface area contributed by atoms with Crippen molar-refractivity contribution >= 4 is 11.7 Å². The third-order valence-electron chi connectivity index (χ3n) is 3.28. The Hall–Kier alpha value is -0.900. The van der Waals surface area contributed by atoms with Gasteiger partial charge in [-0.25, -0.2) is 0 Å². The van der Waals surface area contributed by atoms with Crippen LogP contribution < -0.4 is 5.32 Å². The first-order valence-electron chi connectivity index (χ1n) is 5.81. The number of amides is 1. The second-order valence-electron chi connectivity index (χ2n) is 4.40. The van der Waals surface area contributed by atoms with Gasteiger partial charge >= 0.3 is 0 Å². The van der Waals surface area contributed by atoms with Crippen LogP contribution in [0.25, 0.3) is 0 Å². The van der Waals surface area contributed by atoms with Crippen LogP contribution in [0.15, 0.2) is 0 Å². The lowest BCUT2D eigenvalue weighted by Gasteiger charge is -2.32. The zero-order valence-electron chi connectivity index (χ0n) is 9.00. The van der Waals surface area contributed by atoms with Crippen LogP contribution >= 0.6 is 0 Å². The minimum absolute atomic E-state index is 0.0125. The summed E-state index contributed by atoms with van der Waals surface area (Å²) in [6.45, 7) is 1.90. The molecule has 1 amide bonds. The van der Waals surface area contributed by atoms with Crippen molar-refractivity contribution in [3.8, 4) is 0 Å². The molecule has 4 heteroatoms. The summed E-state index contributed by atoms with van der Waals surface area (Å²) < 4.78 is 0. The van der Waals surface area contributed by atoms with Gasteiger partial charge in [-0.05, 0) is 12.8 Å². The van der Waals surface area contributed by atoms with Gasteiger partial charge in [-0.3, -0.25) is 14.5 Å².